The molecular formula is C15H15NO4S. The summed E-state index contributed by atoms with van der Waals surface area (Å²) in [7, 11) is 0. The van der Waals surface area contributed by atoms with Gasteiger partial charge >= 0.3 is 5.97 Å². The van der Waals surface area contributed by atoms with Crippen molar-refractivity contribution in [2.24, 2.45) is 0 Å². The molecule has 1 aromatic carbocycles. The number of thiazole rings is 1. The van der Waals surface area contributed by atoms with Crippen LogP contribution >= 0.6 is 11.3 Å². The van der Waals surface area contributed by atoms with Crippen molar-refractivity contribution in [2.75, 3.05) is 13.2 Å². The van der Waals surface area contributed by atoms with E-state index in [4.69, 9.17) is 14.2 Å². The summed E-state index contributed by atoms with van der Waals surface area (Å²) in [5.74, 6) is 0.634. The van der Waals surface area contributed by atoms with Crippen LogP contribution in [0.4, 0.5) is 0 Å². The number of benzene rings is 1. The molecular weight excluding hydrogens is 290 g/mol. The van der Waals surface area contributed by atoms with Crippen LogP contribution in [-0.2, 0) is 11.3 Å². The zero-order chi connectivity index (χ0) is 14.8. The average Bonchev–Trinajstić information content (AvgIpc) is 2.82. The van der Waals surface area contributed by atoms with Crippen LogP contribution in [0.2, 0.25) is 0 Å². The number of carbonyl (C=O) groups is 1. The molecule has 5 nitrogen and oxygen atoms in total. The molecule has 1 aliphatic heterocycles. The number of esters is 1. The monoisotopic (exact) mass is 305 g/mol. The number of rotatable bonds is 3. The molecule has 2 heterocycles. The van der Waals surface area contributed by atoms with Gasteiger partial charge in [0, 0.05) is 0 Å². The minimum absolute atomic E-state index is 0.223. The van der Waals surface area contributed by atoms with Crippen LogP contribution in [0, 0.1) is 13.8 Å². The number of hydrogen-bond acceptors (Lipinski definition) is 6. The second kappa shape index (κ2) is 5.73. The van der Waals surface area contributed by atoms with Gasteiger partial charge in [0.2, 0.25) is 0 Å². The van der Waals surface area contributed by atoms with Crippen molar-refractivity contribution in [3.05, 3.63) is 39.3 Å². The summed E-state index contributed by atoms with van der Waals surface area (Å²) in [6.45, 7) is 4.99. The van der Waals surface area contributed by atoms with Crippen LogP contribution in [0.1, 0.15) is 25.9 Å². The Balaban J connectivity index is 1.75. The van der Waals surface area contributed by atoms with E-state index in [2.05, 4.69) is 4.98 Å². The first-order valence-electron chi connectivity index (χ1n) is 6.64. The predicted octanol–water partition coefficient (Wildman–Crippen LogP) is 2.89. The minimum Gasteiger partial charge on any atom is -0.486 e. The number of aromatic nitrogens is 1. The molecule has 110 valence electrons. The van der Waals surface area contributed by atoms with Gasteiger partial charge in [0.05, 0.1) is 15.6 Å². The van der Waals surface area contributed by atoms with Crippen LogP contribution in [-0.4, -0.2) is 24.2 Å². The van der Waals surface area contributed by atoms with E-state index in [0.29, 0.717) is 30.3 Å². The number of hydrogen-bond donors (Lipinski definition) is 0. The Morgan fingerprint density at radius 1 is 1.33 bits per heavy atom. The van der Waals surface area contributed by atoms with E-state index in [0.717, 1.165) is 15.6 Å². The van der Waals surface area contributed by atoms with Gasteiger partial charge in [-0.25, -0.2) is 9.78 Å². The normalized spacial score (nSPS) is 13.0. The lowest BCUT2D eigenvalue weighted by Crippen LogP contribution is -2.18. The van der Waals surface area contributed by atoms with E-state index in [1.165, 1.54) is 11.3 Å². The molecule has 0 unspecified atom stereocenters. The summed E-state index contributed by atoms with van der Waals surface area (Å²) in [6.07, 6.45) is 0. The summed E-state index contributed by atoms with van der Waals surface area (Å²) in [4.78, 5) is 17.5. The van der Waals surface area contributed by atoms with E-state index in [9.17, 15) is 4.79 Å². The molecule has 3 rings (SSSR count). The van der Waals surface area contributed by atoms with Crippen molar-refractivity contribution in [1.29, 1.82) is 0 Å². The summed E-state index contributed by atoms with van der Waals surface area (Å²) < 4.78 is 16.3. The maximum absolute atomic E-state index is 12.2. The third kappa shape index (κ3) is 2.85. The summed E-state index contributed by atoms with van der Waals surface area (Å²) in [5.41, 5.74) is 1.30. The first kappa shape index (κ1) is 13.9. The molecule has 0 radical (unpaired) electrons. The van der Waals surface area contributed by atoms with Crippen molar-refractivity contribution in [2.45, 2.75) is 20.5 Å². The Kier molecular flexibility index (Phi) is 3.79. The lowest BCUT2D eigenvalue weighted by Gasteiger charge is -2.20. The zero-order valence-corrected chi connectivity index (χ0v) is 12.7. The topological polar surface area (TPSA) is 57.7 Å². The number of nitrogens with zero attached hydrogens (tertiary/aromatic N) is 1. The molecule has 0 aliphatic carbocycles. The molecule has 1 aromatic heterocycles. The molecule has 0 saturated carbocycles. The Bertz CT molecular complexity index is 680. The van der Waals surface area contributed by atoms with Gasteiger partial charge in [-0.15, -0.1) is 11.3 Å². The van der Waals surface area contributed by atoms with Crippen LogP contribution in [0.25, 0.3) is 0 Å². The number of ether oxygens (including phenoxy) is 3. The number of carbonyl (C=O) groups excluding carboxylic acids is 1. The molecule has 0 bridgehead atoms. The highest BCUT2D eigenvalue weighted by Crippen LogP contribution is 2.34. The fourth-order valence-electron chi connectivity index (χ4n) is 2.15. The zero-order valence-electron chi connectivity index (χ0n) is 11.8. The van der Waals surface area contributed by atoms with Crippen LogP contribution in [0.5, 0.6) is 11.5 Å². The van der Waals surface area contributed by atoms with E-state index in [1.54, 1.807) is 18.2 Å². The van der Waals surface area contributed by atoms with Gasteiger partial charge in [-0.3, -0.25) is 0 Å². The molecule has 2 aromatic rings. The van der Waals surface area contributed by atoms with Gasteiger partial charge in [-0.05, 0) is 26.0 Å². The summed E-state index contributed by atoms with van der Waals surface area (Å²) >= 11 is 1.54. The van der Waals surface area contributed by atoms with Crippen LogP contribution < -0.4 is 9.47 Å². The molecule has 0 amide bonds. The van der Waals surface area contributed by atoms with Gasteiger partial charge in [0.1, 0.15) is 25.4 Å². The SMILES string of the molecule is Cc1nc(C)c(COC(=O)c2cccc3c2OCCO3)s1. The number of aryl methyl sites for hydroxylation is 2. The lowest BCUT2D eigenvalue weighted by atomic mass is 10.2. The van der Waals surface area contributed by atoms with Crippen molar-refractivity contribution >= 4 is 17.3 Å². The fourth-order valence-corrected chi connectivity index (χ4v) is 3.00. The fraction of sp³-hybridized carbons (Fsp3) is 0.333. The van der Waals surface area contributed by atoms with Gasteiger partial charge in [-0.1, -0.05) is 6.07 Å². The summed E-state index contributed by atoms with van der Waals surface area (Å²) in [5, 5.41) is 0.965. The highest BCUT2D eigenvalue weighted by molar-refractivity contribution is 7.11. The minimum atomic E-state index is -0.414. The van der Waals surface area contributed by atoms with Crippen LogP contribution in [0.3, 0.4) is 0 Å². The second-order valence-corrected chi connectivity index (χ2v) is 5.94. The van der Waals surface area contributed by atoms with Gasteiger partial charge in [0.15, 0.2) is 11.5 Å². The van der Waals surface area contributed by atoms with E-state index >= 15 is 0 Å². The van der Waals surface area contributed by atoms with E-state index < -0.39 is 5.97 Å². The first-order chi connectivity index (χ1) is 10.1. The molecule has 1 aliphatic rings. The molecule has 0 spiro atoms. The second-order valence-electron chi connectivity index (χ2n) is 4.65. The summed E-state index contributed by atoms with van der Waals surface area (Å²) in [6, 6.07) is 5.22. The standard InChI is InChI=1S/C15H15NO4S/c1-9-13(21-10(2)16-9)8-20-15(17)11-4-3-5-12-14(11)19-7-6-18-12/h3-5H,6-8H2,1-2H3. The lowest BCUT2D eigenvalue weighted by molar-refractivity contribution is 0.0466. The van der Waals surface area contributed by atoms with E-state index in [-0.39, 0.29) is 6.61 Å². The number of fused-ring (bicyclic) bond motifs is 1. The molecule has 0 saturated heterocycles. The van der Waals surface area contributed by atoms with Gasteiger partial charge in [0.25, 0.3) is 0 Å². The first-order valence-corrected chi connectivity index (χ1v) is 7.45. The van der Waals surface area contributed by atoms with Gasteiger partial charge in [-0.2, -0.15) is 0 Å². The maximum Gasteiger partial charge on any atom is 0.342 e. The Morgan fingerprint density at radius 3 is 2.90 bits per heavy atom. The van der Waals surface area contributed by atoms with Crippen molar-refractivity contribution < 1.29 is 19.0 Å². The molecule has 0 N–H and O–H groups in total. The molecule has 21 heavy (non-hydrogen) atoms. The van der Waals surface area contributed by atoms with E-state index in [1.807, 2.05) is 13.8 Å². The Labute approximate surface area is 126 Å². The highest BCUT2D eigenvalue weighted by atomic mass is 32.1. The smallest absolute Gasteiger partial charge is 0.342 e. The van der Waals surface area contributed by atoms with Crippen molar-refractivity contribution in [1.82, 2.24) is 4.98 Å². The quantitative estimate of drug-likeness (QED) is 0.816. The third-order valence-corrected chi connectivity index (χ3v) is 4.17. The maximum atomic E-state index is 12.2. The third-order valence-electron chi connectivity index (χ3n) is 3.12. The molecule has 0 fully saturated rings. The van der Waals surface area contributed by atoms with Crippen LogP contribution in [0.15, 0.2) is 18.2 Å². The van der Waals surface area contributed by atoms with Gasteiger partial charge < -0.3 is 14.2 Å². The molecule has 0 atom stereocenters. The van der Waals surface area contributed by atoms with Crippen molar-refractivity contribution in [3.63, 3.8) is 0 Å². The highest BCUT2D eigenvalue weighted by Gasteiger charge is 2.21. The largest absolute Gasteiger partial charge is 0.486 e. The van der Waals surface area contributed by atoms with Crippen molar-refractivity contribution in [3.8, 4) is 11.5 Å². The molecule has 6 heteroatoms. The Morgan fingerprint density at radius 2 is 2.14 bits per heavy atom. The predicted molar refractivity (Wildman–Crippen MR) is 78.1 cm³/mol. The Hall–Kier alpha value is -2.08. The number of para-hydroxylation sites is 1. The average molecular weight is 305 g/mol.